The Hall–Kier alpha value is -0.0500. The molecule has 0 radical (unpaired) electrons. The number of allylic oxidation sites excluding steroid dienone is 3. The Balaban J connectivity index is 0. The van der Waals surface area contributed by atoms with E-state index < -0.39 is 0 Å². The molecular formula is C6H7NaO2. The van der Waals surface area contributed by atoms with Crippen LogP contribution in [0.15, 0.2) is 24.0 Å². The maximum atomic E-state index is 9.81. The molecule has 0 aliphatic carbocycles. The van der Waals surface area contributed by atoms with Gasteiger partial charge in [-0.25, -0.2) is 0 Å². The van der Waals surface area contributed by atoms with Gasteiger partial charge in [0.05, 0.1) is 0 Å². The Morgan fingerprint density at radius 2 is 2.11 bits per heavy atom. The minimum absolute atomic E-state index is 0. The minimum atomic E-state index is 0. The van der Waals surface area contributed by atoms with Crippen LogP contribution in [0.4, 0.5) is 0 Å². The maximum Gasteiger partial charge on any atom is 1.00 e. The van der Waals surface area contributed by atoms with Crippen molar-refractivity contribution in [3.05, 3.63) is 24.0 Å². The van der Waals surface area contributed by atoms with E-state index in [-0.39, 0.29) is 29.6 Å². The fourth-order valence-electron chi connectivity index (χ4n) is 0.230. The van der Waals surface area contributed by atoms with Crippen molar-refractivity contribution in [2.24, 2.45) is 0 Å². The topological polar surface area (TPSA) is 40.1 Å². The fourth-order valence-corrected chi connectivity index (χ4v) is 0.230. The molecule has 2 nitrogen and oxygen atoms in total. The maximum absolute atomic E-state index is 9.81. The van der Waals surface area contributed by atoms with E-state index in [9.17, 15) is 9.90 Å². The van der Waals surface area contributed by atoms with Crippen molar-refractivity contribution < 1.29 is 39.5 Å². The quantitative estimate of drug-likeness (QED) is 0.133. The van der Waals surface area contributed by atoms with Gasteiger partial charge in [-0.2, -0.15) is 0 Å². The van der Waals surface area contributed by atoms with Crippen LogP contribution in [0.25, 0.3) is 0 Å². The summed E-state index contributed by atoms with van der Waals surface area (Å²) in [4.78, 5) is 9.61. The molecular weight excluding hydrogens is 127 g/mol. The fraction of sp³-hybridized carbons (Fsp3) is 0.167. The van der Waals surface area contributed by atoms with E-state index in [4.69, 9.17) is 0 Å². The normalized spacial score (nSPS) is 11.0. The second-order valence-corrected chi connectivity index (χ2v) is 1.36. The van der Waals surface area contributed by atoms with Crippen LogP contribution in [0.2, 0.25) is 0 Å². The summed E-state index contributed by atoms with van der Waals surface area (Å²) < 4.78 is 0. The first-order valence-corrected chi connectivity index (χ1v) is 2.22. The van der Waals surface area contributed by atoms with Crippen LogP contribution in [-0.2, 0) is 4.79 Å². The zero-order chi connectivity index (χ0) is 6.41. The molecule has 0 heterocycles. The van der Waals surface area contributed by atoms with Crippen molar-refractivity contribution in [1.29, 1.82) is 0 Å². The third kappa shape index (κ3) is 7.95. The van der Waals surface area contributed by atoms with E-state index in [1.165, 1.54) is 12.2 Å². The molecule has 0 amide bonds. The Kier molecular flexibility index (Phi) is 10.3. The predicted octanol–water partition coefficient (Wildman–Crippen LogP) is -2.99. The molecule has 0 aromatic heterocycles. The van der Waals surface area contributed by atoms with Crippen LogP contribution in [0.5, 0.6) is 0 Å². The predicted molar refractivity (Wildman–Crippen MR) is 29.0 cm³/mol. The van der Waals surface area contributed by atoms with E-state index in [2.05, 4.69) is 0 Å². The van der Waals surface area contributed by atoms with Crippen molar-refractivity contribution in [2.75, 3.05) is 0 Å². The van der Waals surface area contributed by atoms with Gasteiger partial charge < -0.3 is 5.11 Å². The van der Waals surface area contributed by atoms with E-state index >= 15 is 0 Å². The molecule has 0 aromatic carbocycles. The first-order chi connectivity index (χ1) is 3.81. The molecule has 3 heteroatoms. The van der Waals surface area contributed by atoms with Gasteiger partial charge in [-0.1, -0.05) is 11.6 Å². The molecule has 0 fully saturated rings. The first-order valence-electron chi connectivity index (χ1n) is 2.22. The molecule has 44 valence electrons. The van der Waals surface area contributed by atoms with E-state index in [1.54, 1.807) is 6.92 Å². The third-order valence-corrected chi connectivity index (χ3v) is 0.624. The number of carbonyl (C=O) groups excluding carboxylic acids is 1. The van der Waals surface area contributed by atoms with Gasteiger partial charge in [0.1, 0.15) is 6.29 Å². The van der Waals surface area contributed by atoms with Gasteiger partial charge >= 0.3 is 29.6 Å². The first kappa shape index (κ1) is 11.7. The van der Waals surface area contributed by atoms with Gasteiger partial charge in [0.25, 0.3) is 0 Å². The number of hydrogen-bond acceptors (Lipinski definition) is 2. The Morgan fingerprint density at radius 3 is 2.44 bits per heavy atom. The molecule has 0 saturated carbocycles. The summed E-state index contributed by atoms with van der Waals surface area (Å²) in [6.07, 6.45) is 4.07. The molecule has 0 N–H and O–H groups in total. The second-order valence-electron chi connectivity index (χ2n) is 1.36. The van der Waals surface area contributed by atoms with E-state index in [0.29, 0.717) is 18.1 Å². The molecule has 0 atom stereocenters. The standard InChI is InChI=1S/C6H8O2.Na/c1-6(5-8)3-2-4-7;/h2-5,8H,1H3;/q;+1/p-1/b3-2+,6-5+;. The number of carbonyl (C=O) groups is 1. The monoisotopic (exact) mass is 134 g/mol. The summed E-state index contributed by atoms with van der Waals surface area (Å²) in [6.45, 7) is 1.63. The van der Waals surface area contributed by atoms with E-state index in [1.807, 2.05) is 0 Å². The summed E-state index contributed by atoms with van der Waals surface area (Å²) in [5.41, 5.74) is 0.553. The number of aldehydes is 1. The number of rotatable bonds is 2. The average Bonchev–Trinajstić information content (AvgIpc) is 1.83. The zero-order valence-corrected chi connectivity index (χ0v) is 7.63. The SMILES string of the molecule is CC(/C=C/C=O)=C\[O-].[Na+]. The van der Waals surface area contributed by atoms with Crippen molar-refractivity contribution in [1.82, 2.24) is 0 Å². The molecule has 0 saturated heterocycles. The summed E-state index contributed by atoms with van der Waals surface area (Å²) in [6, 6.07) is 0. The molecule has 0 aliphatic rings. The van der Waals surface area contributed by atoms with Crippen LogP contribution in [0.3, 0.4) is 0 Å². The van der Waals surface area contributed by atoms with Gasteiger partial charge in [-0.15, -0.1) is 6.26 Å². The molecule has 0 aliphatic heterocycles. The van der Waals surface area contributed by atoms with Crippen LogP contribution in [0.1, 0.15) is 6.92 Å². The Labute approximate surface area is 76.6 Å². The average molecular weight is 134 g/mol. The van der Waals surface area contributed by atoms with Gasteiger partial charge in [-0.3, -0.25) is 4.79 Å². The summed E-state index contributed by atoms with van der Waals surface area (Å²) in [5, 5.41) is 9.81. The van der Waals surface area contributed by atoms with Crippen molar-refractivity contribution >= 4 is 6.29 Å². The number of hydrogen-bond donors (Lipinski definition) is 0. The molecule has 9 heavy (non-hydrogen) atoms. The third-order valence-electron chi connectivity index (χ3n) is 0.624. The Bertz CT molecular complexity index is 127. The molecule has 0 aromatic rings. The minimum Gasteiger partial charge on any atom is -0.878 e. The van der Waals surface area contributed by atoms with Crippen molar-refractivity contribution in [3.8, 4) is 0 Å². The zero-order valence-electron chi connectivity index (χ0n) is 5.63. The largest absolute Gasteiger partial charge is 1.00 e. The summed E-state index contributed by atoms with van der Waals surface area (Å²) in [7, 11) is 0. The Morgan fingerprint density at radius 1 is 1.56 bits per heavy atom. The molecule has 0 spiro atoms. The molecule has 0 unspecified atom stereocenters. The summed E-state index contributed by atoms with van der Waals surface area (Å²) in [5.74, 6) is 0. The van der Waals surface area contributed by atoms with Crippen LogP contribution < -0.4 is 34.7 Å². The van der Waals surface area contributed by atoms with Crippen LogP contribution >= 0.6 is 0 Å². The van der Waals surface area contributed by atoms with Gasteiger partial charge in [0.2, 0.25) is 0 Å². The van der Waals surface area contributed by atoms with Crippen LogP contribution in [-0.4, -0.2) is 6.29 Å². The van der Waals surface area contributed by atoms with Gasteiger partial charge in [0, 0.05) is 0 Å². The van der Waals surface area contributed by atoms with Crippen molar-refractivity contribution in [2.45, 2.75) is 6.92 Å². The molecule has 0 bridgehead atoms. The smallest absolute Gasteiger partial charge is 0.878 e. The van der Waals surface area contributed by atoms with Crippen LogP contribution in [0, 0.1) is 0 Å². The van der Waals surface area contributed by atoms with Gasteiger partial charge in [-0.05, 0) is 13.0 Å². The van der Waals surface area contributed by atoms with Gasteiger partial charge in [0.15, 0.2) is 0 Å². The van der Waals surface area contributed by atoms with Crippen molar-refractivity contribution in [3.63, 3.8) is 0 Å². The molecule has 0 rings (SSSR count). The summed E-state index contributed by atoms with van der Waals surface area (Å²) >= 11 is 0. The second kappa shape index (κ2) is 7.95. The van der Waals surface area contributed by atoms with E-state index in [0.717, 1.165) is 0 Å².